The molecule has 0 saturated carbocycles. The highest BCUT2D eigenvalue weighted by atomic mass is 28.4. The summed E-state index contributed by atoms with van der Waals surface area (Å²) in [6.07, 6.45) is 6.02. The molecule has 4 rings (SSSR count). The van der Waals surface area contributed by atoms with Gasteiger partial charge in [0.15, 0.2) is 8.32 Å². The first kappa shape index (κ1) is 29.5. The van der Waals surface area contributed by atoms with E-state index >= 15 is 0 Å². The predicted molar refractivity (Wildman–Crippen MR) is 161 cm³/mol. The molecule has 40 heavy (non-hydrogen) atoms. The van der Waals surface area contributed by atoms with E-state index < -0.39 is 8.32 Å². The lowest BCUT2D eigenvalue weighted by molar-refractivity contribution is 0.275. The summed E-state index contributed by atoms with van der Waals surface area (Å²) in [4.78, 5) is 18.1. The maximum absolute atomic E-state index is 13.8. The number of hydrogen-bond acceptors (Lipinski definition) is 4. The molecule has 0 aliphatic rings. The molecule has 0 bridgehead atoms. The monoisotopic (exact) mass is 561 g/mol. The van der Waals surface area contributed by atoms with Crippen molar-refractivity contribution in [1.29, 1.82) is 0 Å². The molecule has 6 nitrogen and oxygen atoms in total. The Kier molecular flexibility index (Phi) is 8.51. The molecule has 0 amide bonds. The number of aromatic nitrogens is 3. The van der Waals surface area contributed by atoms with Gasteiger partial charge in [0, 0.05) is 24.4 Å². The van der Waals surface area contributed by atoms with Gasteiger partial charge in [-0.25, -0.2) is 9.37 Å². The van der Waals surface area contributed by atoms with E-state index in [9.17, 15) is 9.18 Å². The van der Waals surface area contributed by atoms with Gasteiger partial charge in [-0.05, 0) is 79.0 Å². The Morgan fingerprint density at radius 2 is 1.73 bits per heavy atom. The van der Waals surface area contributed by atoms with Crippen molar-refractivity contribution in [2.24, 2.45) is 0 Å². The molecule has 8 heteroatoms. The molecule has 0 N–H and O–H groups in total. The normalized spacial score (nSPS) is 12.9. The van der Waals surface area contributed by atoms with Crippen LogP contribution in [0.15, 0.2) is 72.0 Å². The van der Waals surface area contributed by atoms with Crippen molar-refractivity contribution in [2.75, 3.05) is 7.11 Å². The number of aryl methyl sites for hydroxylation is 1. The van der Waals surface area contributed by atoms with Crippen LogP contribution in [0, 0.1) is 12.7 Å². The fraction of sp³-hybridized carbons (Fsp3) is 0.375. The number of hydrogen-bond donors (Lipinski definition) is 0. The Bertz CT molecular complexity index is 1530. The molecule has 0 radical (unpaired) electrons. The second-order valence-electron chi connectivity index (χ2n) is 12.0. The molecule has 0 spiro atoms. The van der Waals surface area contributed by atoms with Crippen LogP contribution >= 0.6 is 0 Å². The van der Waals surface area contributed by atoms with Crippen LogP contribution in [0.25, 0.3) is 5.69 Å². The molecular formula is C32H40FN3O3Si. The number of rotatable bonds is 9. The largest absolute Gasteiger partial charge is 0.495 e. The zero-order chi connectivity index (χ0) is 29.2. The van der Waals surface area contributed by atoms with Crippen LogP contribution < -0.4 is 10.3 Å². The van der Waals surface area contributed by atoms with Crippen LogP contribution in [0.2, 0.25) is 18.1 Å². The van der Waals surface area contributed by atoms with Crippen LogP contribution in [0.1, 0.15) is 61.7 Å². The van der Waals surface area contributed by atoms with E-state index in [0.29, 0.717) is 24.3 Å². The van der Waals surface area contributed by atoms with Crippen molar-refractivity contribution in [3.05, 3.63) is 111 Å². The Morgan fingerprint density at radius 1 is 1.02 bits per heavy atom. The first-order valence-corrected chi connectivity index (χ1v) is 16.5. The summed E-state index contributed by atoms with van der Waals surface area (Å²) >= 11 is 0. The zero-order valence-electron chi connectivity index (χ0n) is 24.8. The zero-order valence-corrected chi connectivity index (χ0v) is 25.8. The fourth-order valence-corrected chi connectivity index (χ4v) is 5.38. The standard InChI is InChI=1S/C32H40FN3O3Si/c1-22-18-35(21-34-22)29-14-9-24(17-30(29)38-6)15-27-16-25(20-39-40(7,8)32(3,4)5)19-36(31(27)37)23(2)26-10-12-28(33)13-11-26/h9-14,16-19,21,23H,15,20H2,1-8H3/t23-/m0/s1. The molecule has 0 saturated heterocycles. The lowest BCUT2D eigenvalue weighted by Gasteiger charge is -2.36. The SMILES string of the molecule is COc1cc(Cc2cc(CO[Si](C)(C)C(C)(C)C)cn([C@@H](C)c3ccc(F)cc3)c2=O)ccc1-n1cnc(C)c1. The summed E-state index contributed by atoms with van der Waals surface area (Å²) in [5.74, 6) is 0.399. The minimum absolute atomic E-state index is 0.0672. The minimum Gasteiger partial charge on any atom is -0.495 e. The predicted octanol–water partition coefficient (Wildman–Crippen LogP) is 7.21. The molecule has 0 fully saturated rings. The first-order chi connectivity index (χ1) is 18.8. The average Bonchev–Trinajstić information content (AvgIpc) is 3.34. The molecule has 4 aromatic rings. The Balaban J connectivity index is 1.73. The number of pyridine rings is 1. The van der Waals surface area contributed by atoms with E-state index in [4.69, 9.17) is 9.16 Å². The van der Waals surface area contributed by atoms with Crippen LogP contribution in [0.5, 0.6) is 5.75 Å². The van der Waals surface area contributed by atoms with Gasteiger partial charge in [0.1, 0.15) is 11.6 Å². The lowest BCUT2D eigenvalue weighted by Crippen LogP contribution is -2.40. The highest BCUT2D eigenvalue weighted by Crippen LogP contribution is 2.37. The number of benzene rings is 2. The molecule has 2 heterocycles. The van der Waals surface area contributed by atoms with Gasteiger partial charge >= 0.3 is 0 Å². The third kappa shape index (κ3) is 6.45. The van der Waals surface area contributed by atoms with Gasteiger partial charge in [-0.15, -0.1) is 0 Å². The van der Waals surface area contributed by atoms with Crippen LogP contribution in [-0.4, -0.2) is 29.5 Å². The molecule has 1 atom stereocenters. The maximum atomic E-state index is 13.8. The third-order valence-electron chi connectivity index (χ3n) is 7.98. The number of methoxy groups -OCH3 is 1. The van der Waals surface area contributed by atoms with E-state index in [1.165, 1.54) is 12.1 Å². The van der Waals surface area contributed by atoms with Gasteiger partial charge < -0.3 is 18.3 Å². The number of nitrogens with zero attached hydrogens (tertiary/aromatic N) is 3. The van der Waals surface area contributed by atoms with Gasteiger partial charge in [0.05, 0.1) is 37.5 Å². The molecular weight excluding hydrogens is 521 g/mol. The quantitative estimate of drug-likeness (QED) is 0.203. The first-order valence-electron chi connectivity index (χ1n) is 13.6. The van der Waals surface area contributed by atoms with Crippen molar-refractivity contribution in [2.45, 2.75) is 71.8 Å². The molecule has 0 aliphatic heterocycles. The van der Waals surface area contributed by atoms with E-state index in [1.807, 2.05) is 55.1 Å². The lowest BCUT2D eigenvalue weighted by atomic mass is 10.0. The summed E-state index contributed by atoms with van der Waals surface area (Å²) in [6, 6.07) is 14.0. The van der Waals surface area contributed by atoms with Crippen LogP contribution in [0.4, 0.5) is 4.39 Å². The van der Waals surface area contributed by atoms with Crippen molar-refractivity contribution < 1.29 is 13.6 Å². The molecule has 0 aliphatic carbocycles. The molecule has 212 valence electrons. The molecule has 2 aromatic heterocycles. The number of ether oxygens (including phenoxy) is 1. The van der Waals surface area contributed by atoms with Crippen LogP contribution in [0.3, 0.4) is 0 Å². The summed E-state index contributed by atoms with van der Waals surface area (Å²) in [5.41, 5.74) is 5.13. The van der Waals surface area contributed by atoms with Gasteiger partial charge in [0.2, 0.25) is 0 Å². The Hall–Kier alpha value is -3.49. The average molecular weight is 562 g/mol. The topological polar surface area (TPSA) is 58.3 Å². The van der Waals surface area contributed by atoms with E-state index in [0.717, 1.165) is 28.1 Å². The van der Waals surface area contributed by atoms with Gasteiger partial charge in [-0.3, -0.25) is 4.79 Å². The number of halogens is 1. The maximum Gasteiger partial charge on any atom is 0.254 e. The summed E-state index contributed by atoms with van der Waals surface area (Å²) in [6.45, 7) is 15.4. The van der Waals surface area contributed by atoms with Crippen molar-refractivity contribution in [3.8, 4) is 11.4 Å². The summed E-state index contributed by atoms with van der Waals surface area (Å²) in [7, 11) is -0.368. The fourth-order valence-electron chi connectivity index (χ4n) is 4.42. The second-order valence-corrected chi connectivity index (χ2v) is 16.8. The van der Waals surface area contributed by atoms with E-state index in [1.54, 1.807) is 30.1 Å². The van der Waals surface area contributed by atoms with Crippen LogP contribution in [-0.2, 0) is 17.5 Å². The minimum atomic E-state index is -2.01. The van der Waals surface area contributed by atoms with Gasteiger partial charge in [0.25, 0.3) is 5.56 Å². The summed E-state index contributed by atoms with van der Waals surface area (Å²) < 4.78 is 29.5. The van der Waals surface area contributed by atoms with Crippen molar-refractivity contribution >= 4 is 8.32 Å². The second kappa shape index (κ2) is 11.5. The highest BCUT2D eigenvalue weighted by Gasteiger charge is 2.37. The Morgan fingerprint density at radius 3 is 2.33 bits per heavy atom. The smallest absolute Gasteiger partial charge is 0.254 e. The summed E-state index contributed by atoms with van der Waals surface area (Å²) in [5, 5.41) is 0.0672. The highest BCUT2D eigenvalue weighted by molar-refractivity contribution is 6.74. The van der Waals surface area contributed by atoms with Crippen molar-refractivity contribution in [1.82, 2.24) is 14.1 Å². The van der Waals surface area contributed by atoms with Crippen molar-refractivity contribution in [3.63, 3.8) is 0 Å². The Labute approximate surface area is 237 Å². The van der Waals surface area contributed by atoms with Gasteiger partial charge in [-0.1, -0.05) is 39.0 Å². The third-order valence-corrected chi connectivity index (χ3v) is 12.5. The van der Waals surface area contributed by atoms with E-state index in [-0.39, 0.29) is 22.5 Å². The van der Waals surface area contributed by atoms with E-state index in [2.05, 4.69) is 38.8 Å². The molecule has 0 unspecified atom stereocenters. The number of imidazole rings is 1. The van der Waals surface area contributed by atoms with Gasteiger partial charge in [-0.2, -0.15) is 0 Å². The molecule has 2 aromatic carbocycles.